The number of carbonyl (C=O) groups excluding carboxylic acids is 1. The number of alkyl halides is 6. The zero-order valence-corrected chi connectivity index (χ0v) is 30.1. The highest BCUT2D eigenvalue weighted by Crippen LogP contribution is 2.35. The van der Waals surface area contributed by atoms with Crippen LogP contribution < -0.4 is 20.0 Å². The Labute approximate surface area is 306 Å². The fourth-order valence-corrected chi connectivity index (χ4v) is 7.02. The molecular weight excluding hydrogens is 763 g/mol. The van der Waals surface area contributed by atoms with Crippen molar-refractivity contribution >= 4 is 56.3 Å². The molecule has 1 amide bonds. The normalized spacial score (nSPS) is 17.5. The lowest BCUT2D eigenvalue weighted by molar-refractivity contribution is -0.138. The highest BCUT2D eigenvalue weighted by atomic mass is 35.5. The summed E-state index contributed by atoms with van der Waals surface area (Å²) in [6.07, 6.45) is -6.30. The summed E-state index contributed by atoms with van der Waals surface area (Å²) < 4.78 is 106. The molecule has 3 aromatic rings. The number of halogens is 8. The van der Waals surface area contributed by atoms with Gasteiger partial charge in [-0.3, -0.25) is 4.79 Å². The van der Waals surface area contributed by atoms with Crippen LogP contribution in [0.15, 0.2) is 47.6 Å². The molecule has 3 aliphatic heterocycles. The van der Waals surface area contributed by atoms with Crippen molar-refractivity contribution in [1.29, 1.82) is 0 Å². The van der Waals surface area contributed by atoms with E-state index in [9.17, 15) is 39.6 Å². The fraction of sp³-hybridized carbons (Fsp3) is 0.469. The first kappa shape index (κ1) is 39.6. The average Bonchev–Trinajstić information content (AvgIpc) is 3.11. The number of nitrogens with one attached hydrogen (secondary N) is 1. The molecule has 52 heavy (non-hydrogen) atoms. The maximum absolute atomic E-state index is 13.5. The highest BCUT2D eigenvalue weighted by molar-refractivity contribution is 7.90. The molecular formula is C32H35Cl2F6N7O4S. The van der Waals surface area contributed by atoms with Gasteiger partial charge in [-0.15, -0.1) is 0 Å². The summed E-state index contributed by atoms with van der Waals surface area (Å²) in [5, 5.41) is 3.07. The number of aromatic nitrogens is 2. The summed E-state index contributed by atoms with van der Waals surface area (Å²) >= 11 is 11.9. The summed E-state index contributed by atoms with van der Waals surface area (Å²) in [5.41, 5.74) is -0.822. The van der Waals surface area contributed by atoms with Gasteiger partial charge in [0.05, 0.1) is 44.8 Å². The summed E-state index contributed by atoms with van der Waals surface area (Å²) in [6, 6.07) is 6.31. The van der Waals surface area contributed by atoms with E-state index in [-0.39, 0.29) is 45.3 Å². The second-order valence-corrected chi connectivity index (χ2v) is 15.0. The molecule has 1 aromatic carbocycles. The number of ether oxygens (including phenoxy) is 1. The van der Waals surface area contributed by atoms with Crippen LogP contribution in [-0.4, -0.2) is 114 Å². The van der Waals surface area contributed by atoms with Gasteiger partial charge in [-0.2, -0.15) is 26.3 Å². The largest absolute Gasteiger partial charge is 0.417 e. The number of piperazine rings is 2. The number of hydrogen-bond donors (Lipinski definition) is 1. The molecule has 5 heterocycles. The maximum Gasteiger partial charge on any atom is 0.417 e. The lowest BCUT2D eigenvalue weighted by Crippen LogP contribution is -2.49. The molecule has 0 saturated carbocycles. The molecule has 284 valence electrons. The van der Waals surface area contributed by atoms with Crippen LogP contribution in [0.3, 0.4) is 0 Å². The maximum atomic E-state index is 13.5. The molecule has 1 N–H and O–H groups in total. The lowest BCUT2D eigenvalue weighted by Gasteiger charge is -2.37. The molecule has 3 saturated heterocycles. The van der Waals surface area contributed by atoms with Gasteiger partial charge in [-0.1, -0.05) is 23.2 Å². The predicted molar refractivity (Wildman–Crippen MR) is 184 cm³/mol. The van der Waals surface area contributed by atoms with E-state index < -0.39 is 33.3 Å². The number of anilines is 3. The van der Waals surface area contributed by atoms with Gasteiger partial charge in [-0.25, -0.2) is 18.4 Å². The first-order chi connectivity index (χ1) is 24.4. The molecule has 20 heteroatoms. The smallest absolute Gasteiger partial charge is 0.378 e. The molecule has 3 fully saturated rings. The number of rotatable bonds is 5. The fourth-order valence-electron chi connectivity index (χ4n) is 5.80. The number of carbonyl (C=O) groups is 1. The molecule has 0 bridgehead atoms. The summed E-state index contributed by atoms with van der Waals surface area (Å²) in [7, 11) is -3.53. The Morgan fingerprint density at radius 3 is 1.71 bits per heavy atom. The topological polar surface area (TPSA) is 111 Å². The van der Waals surface area contributed by atoms with E-state index in [1.165, 1.54) is 12.1 Å². The SMILES string of the molecule is CS(=O)(=O)c1ccc(N2CCOCC2)c(C(=O)N2CCN(c3ncc(C(F)(F)F)cc3Cl)CC2)c1.FC(F)(F)c1cnc(N2CCNCC2)c(Cl)c1. The van der Waals surface area contributed by atoms with Gasteiger partial charge in [0, 0.05) is 89.8 Å². The van der Waals surface area contributed by atoms with Crippen molar-refractivity contribution in [3.8, 4) is 0 Å². The van der Waals surface area contributed by atoms with Crippen LogP contribution in [0.25, 0.3) is 0 Å². The summed E-state index contributed by atoms with van der Waals surface area (Å²) in [4.78, 5) is 28.4. The van der Waals surface area contributed by atoms with Gasteiger partial charge in [0.25, 0.3) is 5.91 Å². The van der Waals surface area contributed by atoms with E-state index in [4.69, 9.17) is 27.9 Å². The molecule has 0 spiro atoms. The molecule has 2 aromatic heterocycles. The Morgan fingerprint density at radius 2 is 1.25 bits per heavy atom. The molecule has 0 aliphatic carbocycles. The Morgan fingerprint density at radius 1 is 0.750 bits per heavy atom. The zero-order valence-electron chi connectivity index (χ0n) is 27.8. The molecule has 3 aliphatic rings. The molecule has 6 rings (SSSR count). The van der Waals surface area contributed by atoms with Crippen LogP contribution in [0.2, 0.25) is 10.0 Å². The quantitative estimate of drug-likeness (QED) is 0.350. The lowest BCUT2D eigenvalue weighted by atomic mass is 10.1. The van der Waals surface area contributed by atoms with Crippen LogP contribution in [-0.2, 0) is 26.9 Å². The van der Waals surface area contributed by atoms with Gasteiger partial charge in [-0.05, 0) is 30.3 Å². The average molecular weight is 799 g/mol. The van der Waals surface area contributed by atoms with Crippen LogP contribution in [0.5, 0.6) is 0 Å². The standard InChI is InChI=1S/C22H24ClF3N4O4S.C10H11ClF3N3/c1-35(32,33)16-2-3-19(28-8-10-34-11-9-28)17(13-16)21(31)30-6-4-29(5-7-30)20-18(23)12-15(14-27-20)22(24,25)26;11-8-5-7(10(12,13)14)6-16-9(8)17-3-1-15-2-4-17/h2-3,12-14H,4-11H2,1H3;5-6,15H,1-4H2. The van der Waals surface area contributed by atoms with E-state index in [2.05, 4.69) is 15.3 Å². The number of benzene rings is 1. The minimum Gasteiger partial charge on any atom is -0.378 e. The van der Waals surface area contributed by atoms with Crippen molar-refractivity contribution in [3.63, 3.8) is 0 Å². The van der Waals surface area contributed by atoms with Gasteiger partial charge in [0.15, 0.2) is 9.84 Å². The monoisotopic (exact) mass is 797 g/mol. The minimum atomic E-state index is -4.54. The Balaban J connectivity index is 0.000000257. The van der Waals surface area contributed by atoms with E-state index >= 15 is 0 Å². The first-order valence-electron chi connectivity index (χ1n) is 16.1. The van der Waals surface area contributed by atoms with Gasteiger partial charge < -0.3 is 29.7 Å². The second-order valence-electron chi connectivity index (χ2n) is 12.1. The summed E-state index contributed by atoms with van der Waals surface area (Å²) in [5.74, 6) is 0.323. The third kappa shape index (κ3) is 9.69. The van der Waals surface area contributed by atoms with Crippen molar-refractivity contribution < 1.29 is 44.3 Å². The van der Waals surface area contributed by atoms with E-state index in [1.54, 1.807) is 15.9 Å². The van der Waals surface area contributed by atoms with Crippen molar-refractivity contribution in [2.75, 3.05) is 99.6 Å². The molecule has 11 nitrogen and oxygen atoms in total. The van der Waals surface area contributed by atoms with Crippen LogP contribution in [0.4, 0.5) is 43.7 Å². The number of morpholine rings is 1. The second kappa shape index (κ2) is 16.2. The van der Waals surface area contributed by atoms with Crippen LogP contribution in [0, 0.1) is 0 Å². The first-order valence-corrected chi connectivity index (χ1v) is 18.7. The van der Waals surface area contributed by atoms with Gasteiger partial charge >= 0.3 is 12.4 Å². The van der Waals surface area contributed by atoms with Gasteiger partial charge in [0.1, 0.15) is 11.6 Å². The van der Waals surface area contributed by atoms with Crippen molar-refractivity contribution in [2.24, 2.45) is 0 Å². The van der Waals surface area contributed by atoms with Crippen molar-refractivity contribution in [1.82, 2.24) is 20.2 Å². The van der Waals surface area contributed by atoms with Crippen LogP contribution >= 0.6 is 23.2 Å². The Bertz CT molecular complexity index is 1850. The number of amides is 1. The zero-order chi connectivity index (χ0) is 37.8. The highest BCUT2D eigenvalue weighted by Gasteiger charge is 2.34. The van der Waals surface area contributed by atoms with E-state index in [1.807, 2.05) is 9.80 Å². The third-order valence-corrected chi connectivity index (χ3v) is 10.2. The minimum absolute atomic E-state index is 0.0433. The third-order valence-electron chi connectivity index (χ3n) is 8.56. The predicted octanol–water partition coefficient (Wildman–Crippen LogP) is 5.12. The number of nitrogens with zero attached hydrogens (tertiary/aromatic N) is 6. The van der Waals surface area contributed by atoms with Crippen molar-refractivity contribution in [3.05, 3.63) is 69.5 Å². The molecule has 0 atom stereocenters. The van der Waals surface area contributed by atoms with Crippen LogP contribution in [0.1, 0.15) is 21.5 Å². The van der Waals surface area contributed by atoms with E-state index in [0.717, 1.165) is 43.9 Å². The molecule has 0 radical (unpaired) electrons. The molecule has 0 unspecified atom stereocenters. The number of sulfone groups is 1. The Hall–Kier alpha value is -3.58. The Kier molecular flexibility index (Phi) is 12.3. The van der Waals surface area contributed by atoms with Crippen molar-refractivity contribution in [2.45, 2.75) is 17.2 Å². The number of pyridine rings is 2. The summed E-state index contributed by atoms with van der Waals surface area (Å²) in [6.45, 7) is 6.24. The number of hydrogen-bond acceptors (Lipinski definition) is 10. The van der Waals surface area contributed by atoms with Gasteiger partial charge in [0.2, 0.25) is 0 Å². The van der Waals surface area contributed by atoms with E-state index in [0.29, 0.717) is 64.0 Å².